The summed E-state index contributed by atoms with van der Waals surface area (Å²) < 4.78 is 78.1. The monoisotopic (exact) mass is 641 g/mol. The maximum Gasteiger partial charge on any atom is 0.319 e. The number of hydrogen-bond acceptors (Lipinski definition) is 10. The Morgan fingerprint density at radius 2 is 2.00 bits per heavy atom. The number of nitrogens with one attached hydrogen (secondary N) is 1. The van der Waals surface area contributed by atoms with Crippen LogP contribution in [0.5, 0.6) is 11.9 Å². The lowest BCUT2D eigenvalue weighted by molar-refractivity contribution is -0.0101. The van der Waals surface area contributed by atoms with Crippen LogP contribution >= 0.6 is 0 Å². The number of morpholine rings is 1. The van der Waals surface area contributed by atoms with Crippen LogP contribution in [0.15, 0.2) is 12.1 Å². The zero-order chi connectivity index (χ0) is 31.9. The normalized spacial score (nSPS) is 28.4. The molecule has 5 aliphatic heterocycles. The van der Waals surface area contributed by atoms with Gasteiger partial charge in [0, 0.05) is 48.9 Å². The van der Waals surface area contributed by atoms with E-state index in [1.54, 1.807) is 0 Å². The van der Waals surface area contributed by atoms with Gasteiger partial charge in [-0.05, 0) is 56.7 Å². The smallest absolute Gasteiger partial charge is 0.319 e. The van der Waals surface area contributed by atoms with Crippen LogP contribution in [-0.2, 0) is 4.74 Å². The van der Waals surface area contributed by atoms with Crippen LogP contribution in [0.4, 0.5) is 29.1 Å². The maximum atomic E-state index is 16.9. The highest BCUT2D eigenvalue weighted by molar-refractivity contribution is 5.98. The third-order valence-electron chi connectivity index (χ3n) is 10.2. The molecule has 0 radical (unpaired) electrons. The third-order valence-corrected chi connectivity index (χ3v) is 10.2. The Balaban J connectivity index is 1.31. The zero-order valence-electron chi connectivity index (χ0n) is 25.5. The minimum absolute atomic E-state index is 0.00666. The number of piperazine rings is 1. The largest absolute Gasteiger partial charge is 0.472 e. The van der Waals surface area contributed by atoms with Crippen LogP contribution in [0.2, 0.25) is 0 Å². The number of fused-ring (bicyclic) bond motifs is 6. The minimum Gasteiger partial charge on any atom is -0.472 e. The van der Waals surface area contributed by atoms with Gasteiger partial charge < -0.3 is 30.2 Å². The Labute approximate surface area is 262 Å². The number of ether oxygens (including phenoxy) is 3. The SMILES string of the molecule is Cc1cc(N)c(F)c(-c2nc3c4c(nc(OC[C@@H]5CC[C@H]6COCCN65)nc4c2F)N2C[C@H]4CC[C@H](N4)[C@H]2[C@H](C)O3)c1C=C(F)F. The number of aromatic nitrogens is 3. The van der Waals surface area contributed by atoms with Gasteiger partial charge in [0.25, 0.3) is 6.08 Å². The van der Waals surface area contributed by atoms with E-state index in [-0.39, 0.29) is 63.8 Å². The predicted molar refractivity (Wildman–Crippen MR) is 163 cm³/mol. The fourth-order valence-electron chi connectivity index (χ4n) is 8.18. The second kappa shape index (κ2) is 11.2. The molecule has 10 nitrogen and oxygen atoms in total. The first-order valence-electron chi connectivity index (χ1n) is 15.9. The lowest BCUT2D eigenvalue weighted by Gasteiger charge is -2.42. The predicted octanol–water partition coefficient (Wildman–Crippen LogP) is 4.43. The Morgan fingerprint density at radius 1 is 1.15 bits per heavy atom. The maximum absolute atomic E-state index is 16.9. The van der Waals surface area contributed by atoms with E-state index < -0.39 is 35.1 Å². The van der Waals surface area contributed by atoms with Crippen molar-refractivity contribution < 1.29 is 31.8 Å². The van der Waals surface area contributed by atoms with Gasteiger partial charge in [-0.15, -0.1) is 0 Å². The van der Waals surface area contributed by atoms with Crippen molar-refractivity contribution in [3.63, 3.8) is 0 Å². The second-order valence-corrected chi connectivity index (χ2v) is 13.0. The number of rotatable bonds is 5. The van der Waals surface area contributed by atoms with Crippen molar-refractivity contribution >= 4 is 28.5 Å². The van der Waals surface area contributed by atoms with Gasteiger partial charge >= 0.3 is 6.01 Å². The van der Waals surface area contributed by atoms with E-state index in [0.29, 0.717) is 44.3 Å². The lowest BCUT2D eigenvalue weighted by atomic mass is 9.96. The highest BCUT2D eigenvalue weighted by Gasteiger charge is 2.47. The first-order chi connectivity index (χ1) is 22.2. The number of halogens is 4. The Bertz CT molecular complexity index is 1760. The average Bonchev–Trinajstić information content (AvgIpc) is 3.59. The van der Waals surface area contributed by atoms with Crippen LogP contribution in [0, 0.1) is 18.6 Å². The minimum atomic E-state index is -2.08. The Kier molecular flexibility index (Phi) is 7.22. The molecular weight excluding hydrogens is 606 g/mol. The van der Waals surface area contributed by atoms with Crippen LogP contribution in [0.1, 0.15) is 43.7 Å². The third kappa shape index (κ3) is 4.75. The number of nitrogen functional groups attached to an aromatic ring is 1. The van der Waals surface area contributed by atoms with Gasteiger partial charge in [-0.25, -0.2) is 13.8 Å². The molecule has 3 aromatic rings. The topological polar surface area (TPSA) is 111 Å². The molecule has 0 spiro atoms. The molecule has 3 N–H and O–H groups in total. The summed E-state index contributed by atoms with van der Waals surface area (Å²) in [5, 5.41) is 3.89. The van der Waals surface area contributed by atoms with Gasteiger partial charge in [-0.2, -0.15) is 18.7 Å². The summed E-state index contributed by atoms with van der Waals surface area (Å²) in [4.78, 5) is 18.4. The van der Waals surface area contributed by atoms with Crippen molar-refractivity contribution in [1.82, 2.24) is 25.2 Å². The first kappa shape index (κ1) is 29.6. The summed E-state index contributed by atoms with van der Waals surface area (Å²) in [5.41, 5.74) is 4.37. The Morgan fingerprint density at radius 3 is 2.83 bits per heavy atom. The zero-order valence-corrected chi connectivity index (χ0v) is 25.5. The highest BCUT2D eigenvalue weighted by atomic mass is 19.3. The number of hydrogen-bond donors (Lipinski definition) is 2. The first-order valence-corrected chi connectivity index (χ1v) is 15.9. The summed E-state index contributed by atoms with van der Waals surface area (Å²) in [7, 11) is 0. The summed E-state index contributed by atoms with van der Waals surface area (Å²) in [6, 6.07) is 1.81. The molecule has 2 bridgehead atoms. The molecule has 2 aromatic heterocycles. The fourth-order valence-corrected chi connectivity index (χ4v) is 8.18. The van der Waals surface area contributed by atoms with Gasteiger partial charge in [0.1, 0.15) is 35.1 Å². The van der Waals surface area contributed by atoms with E-state index in [1.807, 2.05) is 6.92 Å². The quantitative estimate of drug-likeness (QED) is 0.307. The number of benzene rings is 1. The number of anilines is 2. The Hall–Kier alpha value is -3.75. The van der Waals surface area contributed by atoms with Gasteiger partial charge in [0.05, 0.1) is 24.9 Å². The van der Waals surface area contributed by atoms with E-state index in [1.165, 1.54) is 13.0 Å². The summed E-state index contributed by atoms with van der Waals surface area (Å²) in [6.07, 6.45) is 1.81. The van der Waals surface area contributed by atoms with E-state index >= 15 is 8.78 Å². The number of aryl methyl sites for hydroxylation is 1. The molecule has 46 heavy (non-hydrogen) atoms. The molecule has 244 valence electrons. The summed E-state index contributed by atoms with van der Waals surface area (Å²) >= 11 is 0. The van der Waals surface area contributed by atoms with Crippen LogP contribution < -0.4 is 25.4 Å². The molecule has 4 saturated heterocycles. The van der Waals surface area contributed by atoms with Crippen molar-refractivity contribution in [2.75, 3.05) is 43.5 Å². The van der Waals surface area contributed by atoms with Crippen molar-refractivity contribution in [3.05, 3.63) is 34.9 Å². The average molecular weight is 642 g/mol. The van der Waals surface area contributed by atoms with Crippen molar-refractivity contribution in [2.24, 2.45) is 0 Å². The summed E-state index contributed by atoms with van der Waals surface area (Å²) in [6.45, 7) is 6.45. The van der Waals surface area contributed by atoms with Crippen molar-refractivity contribution in [1.29, 1.82) is 0 Å². The molecule has 0 saturated carbocycles. The highest BCUT2D eigenvalue weighted by Crippen LogP contribution is 2.45. The molecular formula is C32H35F4N7O3. The molecule has 6 atom stereocenters. The second-order valence-electron chi connectivity index (χ2n) is 13.0. The molecule has 5 aliphatic rings. The fraction of sp³-hybridized carbons (Fsp3) is 0.531. The van der Waals surface area contributed by atoms with Gasteiger partial charge in [-0.1, -0.05) is 0 Å². The van der Waals surface area contributed by atoms with Crippen LogP contribution in [-0.4, -0.2) is 89.1 Å². The van der Waals surface area contributed by atoms with Crippen LogP contribution in [0.25, 0.3) is 28.2 Å². The summed E-state index contributed by atoms with van der Waals surface area (Å²) in [5.74, 6) is -1.65. The molecule has 0 unspecified atom stereocenters. The van der Waals surface area contributed by atoms with Gasteiger partial charge in [-0.3, -0.25) is 4.90 Å². The standard InChI is InChI=1S/C32H35F4N7O3/c1-14-9-20(37)25(35)23(19(14)10-22(33)34)27-26(36)28-24-30(41-32(40-28)45-13-18-5-4-17-12-44-8-7-42(17)18)43-11-16-3-6-21(38-16)29(43)15(2)46-31(24)39-27/h9-10,15-18,21,29,38H,3-8,11-13,37H2,1-2H3/t15-,16+,17-,18-,21-,29+/m0/s1. The van der Waals surface area contributed by atoms with Crippen molar-refractivity contribution in [3.8, 4) is 23.1 Å². The number of pyridine rings is 1. The van der Waals surface area contributed by atoms with Crippen molar-refractivity contribution in [2.45, 2.75) is 75.8 Å². The van der Waals surface area contributed by atoms with E-state index in [0.717, 1.165) is 32.2 Å². The molecule has 0 aliphatic carbocycles. The lowest BCUT2D eigenvalue weighted by Crippen LogP contribution is -2.62. The molecule has 7 heterocycles. The molecule has 14 heteroatoms. The van der Waals surface area contributed by atoms with Gasteiger partial charge in [0.2, 0.25) is 5.88 Å². The number of nitrogens with two attached hydrogens (primary N) is 1. The number of nitrogens with zero attached hydrogens (tertiary/aromatic N) is 5. The molecule has 8 rings (SSSR count). The molecule has 4 fully saturated rings. The molecule has 1 aromatic carbocycles. The van der Waals surface area contributed by atoms with E-state index in [2.05, 4.69) is 25.1 Å². The van der Waals surface area contributed by atoms with Gasteiger partial charge in [0.15, 0.2) is 11.6 Å². The van der Waals surface area contributed by atoms with Crippen LogP contribution in [0.3, 0.4) is 0 Å². The van der Waals surface area contributed by atoms with E-state index in [4.69, 9.17) is 24.9 Å². The molecule has 0 amide bonds. The van der Waals surface area contributed by atoms with E-state index in [9.17, 15) is 8.78 Å².